The Morgan fingerprint density at radius 3 is 2.50 bits per heavy atom. The molecular formula is C29H42O9. The van der Waals surface area contributed by atoms with E-state index in [0.717, 1.165) is 37.7 Å². The standard InChI is InChI=1S/C29H42O9/c1-15-23(32)24(33)25(34)26(37-15)38-18-5-9-28(14-30)17(12-18)3-4-21-20(28)6-8-27(2)19(7-10-29(21,27)35)16-11-22(31)36-13-16/h11,14-15,17-21,23-26,32-35H,3-10,12-13H2,1-2H3/t15-,17-,18-,19+,20-,21+,23-,24+,25+,26-,27+,28+,29-/m0/s1. The highest BCUT2D eigenvalue weighted by molar-refractivity contribution is 5.85. The van der Waals surface area contributed by atoms with Crippen LogP contribution in [0.1, 0.15) is 71.6 Å². The van der Waals surface area contributed by atoms with Crippen molar-refractivity contribution in [1.29, 1.82) is 0 Å². The molecule has 6 rings (SSSR count). The number of rotatable bonds is 4. The summed E-state index contributed by atoms with van der Waals surface area (Å²) < 4.78 is 17.0. The van der Waals surface area contributed by atoms with E-state index >= 15 is 0 Å². The van der Waals surface area contributed by atoms with Crippen molar-refractivity contribution >= 4 is 12.3 Å². The molecule has 9 heteroatoms. The van der Waals surface area contributed by atoms with Gasteiger partial charge >= 0.3 is 5.97 Å². The molecule has 0 radical (unpaired) electrons. The fourth-order valence-corrected chi connectivity index (χ4v) is 9.73. The predicted octanol–water partition coefficient (Wildman–Crippen LogP) is 1.64. The molecule has 2 heterocycles. The first-order valence-electron chi connectivity index (χ1n) is 14.4. The molecule has 5 fully saturated rings. The Bertz CT molecular complexity index is 999. The molecule has 4 N–H and O–H groups in total. The van der Waals surface area contributed by atoms with Gasteiger partial charge in [0.25, 0.3) is 0 Å². The van der Waals surface area contributed by atoms with E-state index in [1.807, 2.05) is 0 Å². The van der Waals surface area contributed by atoms with Gasteiger partial charge in [-0.2, -0.15) is 0 Å². The van der Waals surface area contributed by atoms with Crippen molar-refractivity contribution in [2.24, 2.45) is 34.5 Å². The monoisotopic (exact) mass is 534 g/mol. The number of carbonyl (C=O) groups excluding carboxylic acids is 2. The van der Waals surface area contributed by atoms with E-state index in [0.29, 0.717) is 32.3 Å². The van der Waals surface area contributed by atoms with Gasteiger partial charge in [-0.1, -0.05) is 6.92 Å². The van der Waals surface area contributed by atoms with Crippen LogP contribution in [0, 0.1) is 34.5 Å². The molecule has 0 aromatic carbocycles. The second-order valence-corrected chi connectivity index (χ2v) is 13.2. The molecule has 0 aromatic heterocycles. The number of aliphatic hydroxyl groups is 4. The average molecular weight is 535 g/mol. The molecule has 38 heavy (non-hydrogen) atoms. The topological polar surface area (TPSA) is 143 Å². The predicted molar refractivity (Wildman–Crippen MR) is 133 cm³/mol. The third kappa shape index (κ3) is 3.72. The second-order valence-electron chi connectivity index (χ2n) is 13.2. The zero-order valence-electron chi connectivity index (χ0n) is 22.3. The zero-order chi connectivity index (χ0) is 27.0. The SMILES string of the molecule is C[C@@H]1O[C@@H](O[C@H]2CC[C@@]3(C=O)[C@@H](CC[C@@H]4[C@@H]3CC[C@]3(C)[C@@H](C5=CC(=O)OC5)CC[C@]43O)C2)[C@H](O)[C@H](O)[C@H]1O. The van der Waals surface area contributed by atoms with Crippen molar-refractivity contribution in [1.82, 2.24) is 0 Å². The number of aliphatic hydroxyl groups excluding tert-OH is 3. The summed E-state index contributed by atoms with van der Waals surface area (Å²) in [5, 5.41) is 42.9. The summed E-state index contributed by atoms with van der Waals surface area (Å²) in [7, 11) is 0. The minimum Gasteiger partial charge on any atom is -0.458 e. The molecule has 0 spiro atoms. The molecule has 4 saturated carbocycles. The fourth-order valence-electron chi connectivity index (χ4n) is 9.73. The first-order valence-corrected chi connectivity index (χ1v) is 14.4. The maximum absolute atomic E-state index is 12.9. The number of cyclic esters (lactones) is 1. The molecule has 2 aliphatic heterocycles. The zero-order valence-corrected chi connectivity index (χ0v) is 22.3. The highest BCUT2D eigenvalue weighted by atomic mass is 16.7. The van der Waals surface area contributed by atoms with Crippen molar-refractivity contribution in [2.45, 2.75) is 114 Å². The van der Waals surface area contributed by atoms with Gasteiger partial charge in [-0.3, -0.25) is 0 Å². The quantitative estimate of drug-likeness (QED) is 0.240. The summed E-state index contributed by atoms with van der Waals surface area (Å²) >= 11 is 0. The van der Waals surface area contributed by atoms with Gasteiger partial charge in [-0.15, -0.1) is 0 Å². The van der Waals surface area contributed by atoms with E-state index in [-0.39, 0.29) is 41.2 Å². The van der Waals surface area contributed by atoms with E-state index in [4.69, 9.17) is 14.2 Å². The minimum atomic E-state index is -1.34. The van der Waals surface area contributed by atoms with Gasteiger partial charge in [0.1, 0.15) is 31.2 Å². The fraction of sp³-hybridized carbons (Fsp3) is 0.862. The van der Waals surface area contributed by atoms with Gasteiger partial charge in [0.15, 0.2) is 6.29 Å². The Morgan fingerprint density at radius 2 is 1.79 bits per heavy atom. The average Bonchev–Trinajstić information content (AvgIpc) is 3.45. The second kappa shape index (κ2) is 9.35. The smallest absolute Gasteiger partial charge is 0.331 e. The van der Waals surface area contributed by atoms with Crippen LogP contribution in [0.25, 0.3) is 0 Å². The highest BCUT2D eigenvalue weighted by Gasteiger charge is 2.68. The third-order valence-corrected chi connectivity index (χ3v) is 11.9. The van der Waals surface area contributed by atoms with Crippen molar-refractivity contribution in [2.75, 3.05) is 6.61 Å². The van der Waals surface area contributed by atoms with Crippen LogP contribution >= 0.6 is 0 Å². The van der Waals surface area contributed by atoms with Crippen molar-refractivity contribution in [3.8, 4) is 0 Å². The normalized spacial score (nSPS) is 54.4. The molecule has 212 valence electrons. The molecular weight excluding hydrogens is 492 g/mol. The van der Waals surface area contributed by atoms with E-state index in [9.17, 15) is 30.0 Å². The Balaban J connectivity index is 1.19. The number of ether oxygens (including phenoxy) is 3. The lowest BCUT2D eigenvalue weighted by atomic mass is 9.43. The lowest BCUT2D eigenvalue weighted by molar-refractivity contribution is -0.309. The number of aldehydes is 1. The summed E-state index contributed by atoms with van der Waals surface area (Å²) in [5.41, 5.74) is -0.739. The van der Waals surface area contributed by atoms with Crippen LogP contribution < -0.4 is 0 Å². The molecule has 0 aromatic rings. The van der Waals surface area contributed by atoms with Crippen LogP contribution in [0.3, 0.4) is 0 Å². The first kappa shape index (κ1) is 26.8. The van der Waals surface area contributed by atoms with Crippen LogP contribution in [0.4, 0.5) is 0 Å². The molecule has 0 bridgehead atoms. The van der Waals surface area contributed by atoms with E-state index in [1.54, 1.807) is 13.0 Å². The Kier molecular flexibility index (Phi) is 6.60. The summed E-state index contributed by atoms with van der Waals surface area (Å²) in [4.78, 5) is 24.7. The number of esters is 1. The van der Waals surface area contributed by atoms with Crippen molar-refractivity contribution in [3.63, 3.8) is 0 Å². The number of fused-ring (bicyclic) bond motifs is 5. The maximum Gasteiger partial charge on any atom is 0.331 e. The van der Waals surface area contributed by atoms with Crippen LogP contribution in [-0.2, 0) is 23.8 Å². The Morgan fingerprint density at radius 1 is 1.00 bits per heavy atom. The Labute approximate surface area is 223 Å². The Hall–Kier alpha value is -1.36. The number of hydrogen-bond acceptors (Lipinski definition) is 9. The highest BCUT2D eigenvalue weighted by Crippen LogP contribution is 2.69. The first-order chi connectivity index (χ1) is 18.0. The van der Waals surface area contributed by atoms with E-state index < -0.39 is 41.7 Å². The van der Waals surface area contributed by atoms with Crippen molar-refractivity contribution < 1.29 is 44.2 Å². The summed E-state index contributed by atoms with van der Waals surface area (Å²) in [6.45, 7) is 4.13. The molecule has 4 aliphatic carbocycles. The van der Waals surface area contributed by atoms with Gasteiger partial charge in [0.05, 0.1) is 17.8 Å². The number of hydrogen-bond donors (Lipinski definition) is 4. The largest absolute Gasteiger partial charge is 0.458 e. The van der Waals surface area contributed by atoms with Crippen LogP contribution in [-0.4, -0.2) is 81.7 Å². The number of carbonyl (C=O) groups is 2. The molecule has 9 nitrogen and oxygen atoms in total. The van der Waals surface area contributed by atoms with E-state index in [2.05, 4.69) is 6.92 Å². The van der Waals surface area contributed by atoms with Gasteiger partial charge in [0.2, 0.25) is 0 Å². The molecule has 0 amide bonds. The molecule has 1 saturated heterocycles. The molecule has 6 aliphatic rings. The van der Waals surface area contributed by atoms with Gasteiger partial charge in [-0.25, -0.2) is 4.79 Å². The van der Waals surface area contributed by atoms with Gasteiger partial charge < -0.3 is 39.4 Å². The lowest BCUT2D eigenvalue weighted by Crippen LogP contribution is -2.63. The summed E-state index contributed by atoms with van der Waals surface area (Å²) in [6, 6.07) is 0. The van der Waals surface area contributed by atoms with E-state index in [1.165, 1.54) is 6.29 Å². The summed E-state index contributed by atoms with van der Waals surface area (Å²) in [5.74, 6) is 0.0678. The van der Waals surface area contributed by atoms with Crippen LogP contribution in [0.15, 0.2) is 11.6 Å². The van der Waals surface area contributed by atoms with Crippen molar-refractivity contribution in [3.05, 3.63) is 11.6 Å². The minimum absolute atomic E-state index is 0.0322. The van der Waals surface area contributed by atoms with Gasteiger partial charge in [0, 0.05) is 16.9 Å². The van der Waals surface area contributed by atoms with Crippen LogP contribution in [0.5, 0.6) is 0 Å². The maximum atomic E-state index is 12.9. The lowest BCUT2D eigenvalue weighted by Gasteiger charge is -2.63. The van der Waals surface area contributed by atoms with Gasteiger partial charge in [-0.05, 0) is 94.0 Å². The van der Waals surface area contributed by atoms with Crippen LogP contribution in [0.2, 0.25) is 0 Å². The molecule has 0 unspecified atom stereocenters. The third-order valence-electron chi connectivity index (χ3n) is 11.9. The molecule has 13 atom stereocenters. The summed E-state index contributed by atoms with van der Waals surface area (Å²) in [6.07, 6.45) is 3.80.